The third-order valence-electron chi connectivity index (χ3n) is 1.96. The molecular weight excluding hydrogens is 261 g/mol. The number of nitrogens with one attached hydrogen (secondary N) is 1. The van der Waals surface area contributed by atoms with Gasteiger partial charge in [-0.05, 0) is 18.2 Å². The van der Waals surface area contributed by atoms with Gasteiger partial charge in [-0.3, -0.25) is 0 Å². The molecule has 0 radical (unpaired) electrons. The summed E-state index contributed by atoms with van der Waals surface area (Å²) in [6.07, 6.45) is 0. The maximum Gasteiger partial charge on any atom is 0.223 e. The smallest absolute Gasteiger partial charge is 0.223 e. The third kappa shape index (κ3) is 2.89. The molecule has 2 rings (SSSR count). The second-order valence-electron chi connectivity index (χ2n) is 3.29. The summed E-state index contributed by atoms with van der Waals surface area (Å²) < 4.78 is 0. The largest absolute Gasteiger partial charge is 0.383 e. The number of nitrogens with zero attached hydrogens (tertiary/aromatic N) is 2. The molecule has 0 amide bonds. The second-order valence-corrected chi connectivity index (χ2v) is 4.13. The summed E-state index contributed by atoms with van der Waals surface area (Å²) in [6, 6.07) is 6.63. The summed E-state index contributed by atoms with van der Waals surface area (Å²) in [5.74, 6) is 0.849. The van der Waals surface area contributed by atoms with Crippen LogP contribution in [0.4, 0.5) is 23.3 Å². The van der Waals surface area contributed by atoms with E-state index >= 15 is 0 Å². The first-order chi connectivity index (χ1) is 8.04. The van der Waals surface area contributed by atoms with Crippen LogP contribution in [0.2, 0.25) is 10.0 Å². The minimum atomic E-state index is 0.0950. The quantitative estimate of drug-likeness (QED) is 0.780. The van der Waals surface area contributed by atoms with Gasteiger partial charge >= 0.3 is 0 Å². The Bertz CT molecular complexity index is 538. The highest BCUT2D eigenvalue weighted by atomic mass is 35.5. The summed E-state index contributed by atoms with van der Waals surface area (Å²) in [5.41, 5.74) is 11.7. The average Bonchev–Trinajstić information content (AvgIpc) is 2.21. The first-order valence-corrected chi connectivity index (χ1v) is 5.42. The zero-order valence-corrected chi connectivity index (χ0v) is 10.1. The molecule has 5 N–H and O–H groups in total. The van der Waals surface area contributed by atoms with Gasteiger partial charge in [-0.25, -0.2) is 0 Å². The lowest BCUT2D eigenvalue weighted by molar-refractivity contribution is 1.19. The van der Waals surface area contributed by atoms with Crippen molar-refractivity contribution in [3.8, 4) is 0 Å². The van der Waals surface area contributed by atoms with Gasteiger partial charge < -0.3 is 16.8 Å². The third-order valence-corrected chi connectivity index (χ3v) is 2.50. The Hall–Kier alpha value is -1.72. The normalized spacial score (nSPS) is 10.2. The Morgan fingerprint density at radius 2 is 1.82 bits per heavy atom. The summed E-state index contributed by atoms with van der Waals surface area (Å²) >= 11 is 11.8. The van der Waals surface area contributed by atoms with Crippen molar-refractivity contribution >= 4 is 46.5 Å². The number of anilines is 4. The van der Waals surface area contributed by atoms with E-state index in [1.165, 1.54) is 0 Å². The molecule has 1 aromatic carbocycles. The SMILES string of the molecule is Nc1cc(Nc2ccc(Cl)cc2Cl)nc(N)n1. The molecule has 0 aliphatic rings. The van der Waals surface area contributed by atoms with Gasteiger partial charge in [0.05, 0.1) is 10.7 Å². The molecule has 0 unspecified atom stereocenters. The molecule has 88 valence electrons. The first-order valence-electron chi connectivity index (χ1n) is 4.67. The molecule has 0 fully saturated rings. The van der Waals surface area contributed by atoms with E-state index in [1.807, 2.05) is 0 Å². The van der Waals surface area contributed by atoms with Crippen LogP contribution < -0.4 is 16.8 Å². The van der Waals surface area contributed by atoms with E-state index in [0.717, 1.165) is 0 Å². The number of nitrogens with two attached hydrogens (primary N) is 2. The van der Waals surface area contributed by atoms with Crippen LogP contribution in [0.1, 0.15) is 0 Å². The molecule has 0 bridgehead atoms. The minimum absolute atomic E-state index is 0.0950. The Morgan fingerprint density at radius 3 is 2.47 bits per heavy atom. The van der Waals surface area contributed by atoms with E-state index in [1.54, 1.807) is 24.3 Å². The van der Waals surface area contributed by atoms with Crippen molar-refractivity contribution in [3.63, 3.8) is 0 Å². The summed E-state index contributed by atoms with van der Waals surface area (Å²) in [6.45, 7) is 0. The Labute approximate surface area is 108 Å². The summed E-state index contributed by atoms with van der Waals surface area (Å²) in [5, 5.41) is 4.02. The lowest BCUT2D eigenvalue weighted by atomic mass is 10.3. The Balaban J connectivity index is 2.31. The Morgan fingerprint density at radius 1 is 1.06 bits per heavy atom. The average molecular weight is 270 g/mol. The summed E-state index contributed by atoms with van der Waals surface area (Å²) in [4.78, 5) is 7.74. The van der Waals surface area contributed by atoms with Crippen molar-refractivity contribution in [1.82, 2.24) is 9.97 Å². The van der Waals surface area contributed by atoms with Crippen molar-refractivity contribution in [2.45, 2.75) is 0 Å². The fourth-order valence-electron chi connectivity index (χ4n) is 1.28. The maximum absolute atomic E-state index is 6.01. The number of hydrogen-bond donors (Lipinski definition) is 3. The molecule has 1 aromatic heterocycles. The number of hydrogen-bond acceptors (Lipinski definition) is 5. The van der Waals surface area contributed by atoms with Gasteiger partial charge in [0.1, 0.15) is 11.6 Å². The predicted octanol–water partition coefficient (Wildman–Crippen LogP) is 2.69. The van der Waals surface area contributed by atoms with Crippen LogP contribution in [0.5, 0.6) is 0 Å². The van der Waals surface area contributed by atoms with Crippen molar-refractivity contribution < 1.29 is 0 Å². The van der Waals surface area contributed by atoms with Crippen molar-refractivity contribution in [2.75, 3.05) is 16.8 Å². The molecule has 0 spiro atoms. The van der Waals surface area contributed by atoms with Gasteiger partial charge in [0.2, 0.25) is 5.95 Å². The zero-order valence-electron chi connectivity index (χ0n) is 8.61. The number of rotatable bonds is 2. The highest BCUT2D eigenvalue weighted by molar-refractivity contribution is 6.36. The standard InChI is InChI=1S/C10H9Cl2N5/c11-5-1-2-7(6(12)3-5)15-9-4-8(13)16-10(14)17-9/h1-4H,(H5,13,14,15,16,17). The van der Waals surface area contributed by atoms with Crippen LogP contribution in [0.25, 0.3) is 0 Å². The van der Waals surface area contributed by atoms with Crippen molar-refractivity contribution in [3.05, 3.63) is 34.3 Å². The molecule has 7 heteroatoms. The van der Waals surface area contributed by atoms with E-state index < -0.39 is 0 Å². The molecule has 0 aliphatic carbocycles. The van der Waals surface area contributed by atoms with Gasteiger partial charge in [0, 0.05) is 11.1 Å². The van der Waals surface area contributed by atoms with E-state index in [9.17, 15) is 0 Å². The number of aromatic nitrogens is 2. The van der Waals surface area contributed by atoms with Crippen LogP contribution in [-0.4, -0.2) is 9.97 Å². The molecule has 0 atom stereocenters. The molecule has 5 nitrogen and oxygen atoms in total. The van der Waals surface area contributed by atoms with Gasteiger partial charge in [-0.15, -0.1) is 0 Å². The second kappa shape index (κ2) is 4.65. The number of halogens is 2. The molecule has 2 aromatic rings. The zero-order chi connectivity index (χ0) is 12.4. The number of nitrogen functional groups attached to an aromatic ring is 2. The number of benzene rings is 1. The highest BCUT2D eigenvalue weighted by Gasteiger charge is 2.04. The van der Waals surface area contributed by atoms with Crippen LogP contribution in [0.3, 0.4) is 0 Å². The molecule has 17 heavy (non-hydrogen) atoms. The molecule has 0 saturated carbocycles. The highest BCUT2D eigenvalue weighted by Crippen LogP contribution is 2.28. The van der Waals surface area contributed by atoms with Gasteiger partial charge in [-0.2, -0.15) is 9.97 Å². The maximum atomic E-state index is 6.01. The Kier molecular flexibility index (Phi) is 3.21. The molecular formula is C10H9Cl2N5. The first kappa shape index (κ1) is 11.8. The van der Waals surface area contributed by atoms with Crippen LogP contribution in [-0.2, 0) is 0 Å². The van der Waals surface area contributed by atoms with E-state index in [2.05, 4.69) is 15.3 Å². The van der Waals surface area contributed by atoms with Crippen LogP contribution in [0, 0.1) is 0 Å². The molecule has 1 heterocycles. The molecule has 0 aliphatic heterocycles. The van der Waals surface area contributed by atoms with Crippen molar-refractivity contribution in [2.24, 2.45) is 0 Å². The van der Waals surface area contributed by atoms with Crippen molar-refractivity contribution in [1.29, 1.82) is 0 Å². The van der Waals surface area contributed by atoms with E-state index in [-0.39, 0.29) is 11.8 Å². The van der Waals surface area contributed by atoms with Crippen LogP contribution >= 0.6 is 23.2 Å². The van der Waals surface area contributed by atoms with E-state index in [4.69, 9.17) is 34.7 Å². The van der Waals surface area contributed by atoms with Gasteiger partial charge in [-0.1, -0.05) is 23.2 Å². The monoisotopic (exact) mass is 269 g/mol. The minimum Gasteiger partial charge on any atom is -0.383 e. The predicted molar refractivity (Wildman–Crippen MR) is 70.6 cm³/mol. The lowest BCUT2D eigenvalue weighted by Crippen LogP contribution is -2.03. The van der Waals surface area contributed by atoms with Gasteiger partial charge in [0.25, 0.3) is 0 Å². The topological polar surface area (TPSA) is 89.8 Å². The fraction of sp³-hybridized carbons (Fsp3) is 0. The van der Waals surface area contributed by atoms with Gasteiger partial charge in [0.15, 0.2) is 0 Å². The lowest BCUT2D eigenvalue weighted by Gasteiger charge is -2.08. The van der Waals surface area contributed by atoms with E-state index in [0.29, 0.717) is 21.6 Å². The van der Waals surface area contributed by atoms with Crippen LogP contribution in [0.15, 0.2) is 24.3 Å². The summed E-state index contributed by atoms with van der Waals surface area (Å²) in [7, 11) is 0. The fourth-order valence-corrected chi connectivity index (χ4v) is 1.73. The molecule has 0 saturated heterocycles.